The molecule has 1 fully saturated rings. The number of hydrogen-bond donors (Lipinski definition) is 1. The smallest absolute Gasteiger partial charge is 0.229 e. The Labute approximate surface area is 114 Å². The van der Waals surface area contributed by atoms with Gasteiger partial charge < -0.3 is 15.0 Å². The number of nitrogens with zero attached hydrogens (tertiary/aromatic N) is 2. The number of nitrogens with two attached hydrogens (primary N) is 1. The maximum atomic E-state index is 5.95. The molecule has 1 unspecified atom stereocenters. The Kier molecular flexibility index (Phi) is 4.93. The lowest BCUT2D eigenvalue weighted by Gasteiger charge is -2.24. The Bertz CT molecular complexity index is 386. The molecule has 2 rings (SSSR count). The van der Waals surface area contributed by atoms with Crippen LogP contribution in [0.3, 0.4) is 0 Å². The summed E-state index contributed by atoms with van der Waals surface area (Å²) in [7, 11) is 0. The number of aromatic nitrogens is 2. The van der Waals surface area contributed by atoms with Crippen LogP contribution in [-0.2, 0) is 10.3 Å². The highest BCUT2D eigenvalue weighted by Crippen LogP contribution is 2.41. The molecule has 5 heteroatoms. The highest BCUT2D eigenvalue weighted by molar-refractivity contribution is 5.06. The van der Waals surface area contributed by atoms with E-state index in [1.165, 1.54) is 12.8 Å². The standard InChI is InChI=1S/C14H25N3O2/c1-3-18-14(8-4-5-9-14)13-16-12(19-17-13)11(2)7-6-10-15/h11H,3-10,15H2,1-2H3. The fourth-order valence-corrected chi connectivity index (χ4v) is 2.82. The molecule has 0 amide bonds. The molecule has 0 aliphatic heterocycles. The highest BCUT2D eigenvalue weighted by Gasteiger charge is 2.41. The predicted molar refractivity (Wildman–Crippen MR) is 72.8 cm³/mol. The molecule has 0 bridgehead atoms. The molecule has 0 radical (unpaired) electrons. The average Bonchev–Trinajstić information content (AvgIpc) is 3.05. The van der Waals surface area contributed by atoms with Crippen LogP contribution in [0.25, 0.3) is 0 Å². The molecule has 0 saturated heterocycles. The van der Waals surface area contributed by atoms with E-state index in [9.17, 15) is 0 Å². The summed E-state index contributed by atoms with van der Waals surface area (Å²) in [5, 5.41) is 4.18. The molecule has 19 heavy (non-hydrogen) atoms. The first-order chi connectivity index (χ1) is 9.22. The molecule has 1 saturated carbocycles. The van der Waals surface area contributed by atoms with Crippen molar-refractivity contribution in [1.29, 1.82) is 0 Å². The third kappa shape index (κ3) is 3.15. The van der Waals surface area contributed by atoms with E-state index in [0.29, 0.717) is 13.2 Å². The molecule has 5 nitrogen and oxygen atoms in total. The van der Waals surface area contributed by atoms with Crippen LogP contribution in [0.4, 0.5) is 0 Å². The summed E-state index contributed by atoms with van der Waals surface area (Å²) in [6.07, 6.45) is 6.31. The summed E-state index contributed by atoms with van der Waals surface area (Å²) >= 11 is 0. The van der Waals surface area contributed by atoms with Crippen LogP contribution in [0.15, 0.2) is 4.52 Å². The van der Waals surface area contributed by atoms with Gasteiger partial charge in [-0.1, -0.05) is 12.1 Å². The van der Waals surface area contributed by atoms with Crippen LogP contribution in [0.5, 0.6) is 0 Å². The minimum Gasteiger partial charge on any atom is -0.367 e. The third-order valence-electron chi connectivity index (χ3n) is 3.94. The van der Waals surface area contributed by atoms with Crippen molar-refractivity contribution >= 4 is 0 Å². The second-order valence-corrected chi connectivity index (χ2v) is 5.42. The van der Waals surface area contributed by atoms with E-state index in [0.717, 1.165) is 37.4 Å². The molecule has 0 aromatic carbocycles. The topological polar surface area (TPSA) is 74.2 Å². The molecule has 1 atom stereocenters. The number of ether oxygens (including phenoxy) is 1. The van der Waals surface area contributed by atoms with Crippen molar-refractivity contribution in [3.63, 3.8) is 0 Å². The summed E-state index contributed by atoms with van der Waals surface area (Å²) in [6, 6.07) is 0. The van der Waals surface area contributed by atoms with Crippen LogP contribution >= 0.6 is 0 Å². The first kappa shape index (κ1) is 14.5. The van der Waals surface area contributed by atoms with Crippen molar-refractivity contribution in [3.05, 3.63) is 11.7 Å². The van der Waals surface area contributed by atoms with Crippen LogP contribution in [0.2, 0.25) is 0 Å². The lowest BCUT2D eigenvalue weighted by Crippen LogP contribution is -2.27. The Morgan fingerprint density at radius 1 is 1.42 bits per heavy atom. The Morgan fingerprint density at radius 2 is 2.16 bits per heavy atom. The first-order valence-corrected chi connectivity index (χ1v) is 7.40. The maximum absolute atomic E-state index is 5.95. The van der Waals surface area contributed by atoms with Gasteiger partial charge in [0.25, 0.3) is 0 Å². The van der Waals surface area contributed by atoms with Gasteiger partial charge in [0, 0.05) is 12.5 Å². The van der Waals surface area contributed by atoms with Gasteiger partial charge in [-0.05, 0) is 52.0 Å². The van der Waals surface area contributed by atoms with E-state index in [1.807, 2.05) is 6.92 Å². The molecule has 1 aromatic heterocycles. The minimum atomic E-state index is -0.302. The summed E-state index contributed by atoms with van der Waals surface area (Å²) in [5.41, 5.74) is 5.23. The summed E-state index contributed by atoms with van der Waals surface area (Å²) in [5.74, 6) is 1.72. The van der Waals surface area contributed by atoms with Gasteiger partial charge in [0.05, 0.1) is 0 Å². The van der Waals surface area contributed by atoms with Crippen molar-refractivity contribution in [2.45, 2.75) is 63.9 Å². The zero-order valence-corrected chi connectivity index (χ0v) is 12.0. The molecule has 0 spiro atoms. The largest absolute Gasteiger partial charge is 0.367 e. The average molecular weight is 267 g/mol. The SMILES string of the molecule is CCOC1(c2noc(C(C)CCCN)n2)CCCC1. The third-order valence-corrected chi connectivity index (χ3v) is 3.94. The molecular weight excluding hydrogens is 242 g/mol. The van der Waals surface area contributed by atoms with E-state index >= 15 is 0 Å². The zero-order chi connectivity index (χ0) is 13.7. The van der Waals surface area contributed by atoms with Gasteiger partial charge in [-0.15, -0.1) is 0 Å². The second kappa shape index (κ2) is 6.48. The summed E-state index contributed by atoms with van der Waals surface area (Å²) < 4.78 is 11.4. The molecular formula is C14H25N3O2. The van der Waals surface area contributed by atoms with Crippen LogP contribution in [-0.4, -0.2) is 23.3 Å². The van der Waals surface area contributed by atoms with Crippen LogP contribution in [0.1, 0.15) is 70.0 Å². The van der Waals surface area contributed by atoms with Gasteiger partial charge >= 0.3 is 0 Å². The predicted octanol–water partition coefficient (Wildman–Crippen LogP) is 2.72. The second-order valence-electron chi connectivity index (χ2n) is 5.42. The van der Waals surface area contributed by atoms with Crippen molar-refractivity contribution < 1.29 is 9.26 Å². The van der Waals surface area contributed by atoms with Gasteiger partial charge in [-0.2, -0.15) is 4.98 Å². The van der Waals surface area contributed by atoms with Crippen LogP contribution in [0, 0.1) is 0 Å². The van der Waals surface area contributed by atoms with Crippen molar-refractivity contribution in [3.8, 4) is 0 Å². The van der Waals surface area contributed by atoms with Gasteiger partial charge in [0.2, 0.25) is 11.7 Å². The Balaban J connectivity index is 2.10. The lowest BCUT2D eigenvalue weighted by atomic mass is 10.0. The normalized spacial score (nSPS) is 19.7. The van der Waals surface area contributed by atoms with E-state index in [-0.39, 0.29) is 11.5 Å². The molecule has 108 valence electrons. The molecule has 1 aliphatic carbocycles. The number of rotatable bonds is 7. The quantitative estimate of drug-likeness (QED) is 0.822. The molecule has 2 N–H and O–H groups in total. The van der Waals surface area contributed by atoms with E-state index in [1.54, 1.807) is 0 Å². The molecule has 1 aliphatic rings. The fourth-order valence-electron chi connectivity index (χ4n) is 2.82. The fraction of sp³-hybridized carbons (Fsp3) is 0.857. The molecule has 1 heterocycles. The zero-order valence-electron chi connectivity index (χ0n) is 12.0. The van der Waals surface area contributed by atoms with Crippen molar-refractivity contribution in [2.24, 2.45) is 5.73 Å². The maximum Gasteiger partial charge on any atom is 0.229 e. The number of hydrogen-bond acceptors (Lipinski definition) is 5. The Morgan fingerprint density at radius 3 is 2.79 bits per heavy atom. The van der Waals surface area contributed by atoms with Gasteiger partial charge in [-0.25, -0.2) is 0 Å². The van der Waals surface area contributed by atoms with Gasteiger partial charge in [0.1, 0.15) is 5.60 Å². The first-order valence-electron chi connectivity index (χ1n) is 7.40. The Hall–Kier alpha value is -0.940. The van der Waals surface area contributed by atoms with E-state index in [2.05, 4.69) is 17.1 Å². The minimum absolute atomic E-state index is 0.268. The van der Waals surface area contributed by atoms with Crippen molar-refractivity contribution in [2.75, 3.05) is 13.2 Å². The monoisotopic (exact) mass is 267 g/mol. The van der Waals surface area contributed by atoms with E-state index < -0.39 is 0 Å². The van der Waals surface area contributed by atoms with Gasteiger partial charge in [0.15, 0.2) is 0 Å². The lowest BCUT2D eigenvalue weighted by molar-refractivity contribution is -0.0469. The van der Waals surface area contributed by atoms with Crippen LogP contribution < -0.4 is 5.73 Å². The van der Waals surface area contributed by atoms with E-state index in [4.69, 9.17) is 15.0 Å². The molecule has 1 aromatic rings. The highest BCUT2D eigenvalue weighted by atomic mass is 16.5. The summed E-state index contributed by atoms with van der Waals surface area (Å²) in [4.78, 5) is 4.59. The summed E-state index contributed by atoms with van der Waals surface area (Å²) in [6.45, 7) is 5.51. The van der Waals surface area contributed by atoms with Crippen molar-refractivity contribution in [1.82, 2.24) is 10.1 Å². The van der Waals surface area contributed by atoms with Gasteiger partial charge in [-0.3, -0.25) is 0 Å².